The van der Waals surface area contributed by atoms with Gasteiger partial charge >= 0.3 is 7.12 Å². The number of benzene rings is 1. The normalized spacial score (nSPS) is 29.7. The Labute approximate surface area is 144 Å². The number of hydrogen-bond donors (Lipinski definition) is 1. The van der Waals surface area contributed by atoms with Crippen LogP contribution in [-0.4, -0.2) is 37.6 Å². The molecule has 2 aliphatic heterocycles. The van der Waals surface area contributed by atoms with E-state index in [2.05, 4.69) is 46.0 Å². The van der Waals surface area contributed by atoms with E-state index in [0.29, 0.717) is 17.7 Å². The molecular formula is C17H25BClNO3. The standard InChI is InChI=1S/C17H25BClNO3/c1-11-9-21-10-15(20-11)12-6-13(8-14(19)7-12)18-22-16(2,3)17(4,5)23-18/h6-8,11,15,20H,9-10H2,1-5H3/t11-,15+/m1/s1. The first kappa shape index (κ1) is 17.2. The van der Waals surface area contributed by atoms with Gasteiger partial charge in [-0.2, -0.15) is 0 Å². The molecule has 0 aromatic heterocycles. The lowest BCUT2D eigenvalue weighted by Crippen LogP contribution is -2.42. The van der Waals surface area contributed by atoms with Crippen molar-refractivity contribution in [1.82, 2.24) is 5.32 Å². The van der Waals surface area contributed by atoms with E-state index in [9.17, 15) is 0 Å². The van der Waals surface area contributed by atoms with Crippen molar-refractivity contribution in [3.05, 3.63) is 28.8 Å². The third-order valence-corrected chi connectivity index (χ3v) is 5.23. The van der Waals surface area contributed by atoms with E-state index in [1.165, 1.54) is 0 Å². The van der Waals surface area contributed by atoms with Crippen molar-refractivity contribution in [1.29, 1.82) is 0 Å². The molecule has 0 radical (unpaired) electrons. The van der Waals surface area contributed by atoms with Crippen LogP contribution in [0.4, 0.5) is 0 Å². The van der Waals surface area contributed by atoms with Gasteiger partial charge in [-0.25, -0.2) is 0 Å². The molecule has 0 spiro atoms. The Bertz CT molecular complexity index is 577. The van der Waals surface area contributed by atoms with E-state index in [1.807, 2.05) is 12.1 Å². The van der Waals surface area contributed by atoms with Crippen molar-refractivity contribution < 1.29 is 14.0 Å². The number of hydrogen-bond acceptors (Lipinski definition) is 4. The Kier molecular flexibility index (Phi) is 4.53. The van der Waals surface area contributed by atoms with Crippen LogP contribution >= 0.6 is 11.6 Å². The van der Waals surface area contributed by atoms with E-state index < -0.39 is 7.12 Å². The van der Waals surface area contributed by atoms with Crippen molar-refractivity contribution in [3.63, 3.8) is 0 Å². The summed E-state index contributed by atoms with van der Waals surface area (Å²) in [6.07, 6.45) is 0. The number of ether oxygens (including phenoxy) is 1. The fourth-order valence-corrected chi connectivity index (χ4v) is 3.20. The maximum atomic E-state index is 6.35. The highest BCUT2D eigenvalue weighted by atomic mass is 35.5. The van der Waals surface area contributed by atoms with Crippen LogP contribution in [0.25, 0.3) is 0 Å². The van der Waals surface area contributed by atoms with Crippen LogP contribution in [0.15, 0.2) is 18.2 Å². The Balaban J connectivity index is 1.87. The summed E-state index contributed by atoms with van der Waals surface area (Å²) in [5, 5.41) is 4.23. The third kappa shape index (κ3) is 3.44. The molecule has 3 rings (SSSR count). The Hall–Kier alpha value is -0.585. The highest BCUT2D eigenvalue weighted by Gasteiger charge is 2.51. The molecule has 2 fully saturated rings. The largest absolute Gasteiger partial charge is 0.494 e. The molecule has 2 heterocycles. The highest BCUT2D eigenvalue weighted by molar-refractivity contribution is 6.62. The van der Waals surface area contributed by atoms with Crippen molar-refractivity contribution in [2.75, 3.05) is 13.2 Å². The van der Waals surface area contributed by atoms with Gasteiger partial charge in [0.2, 0.25) is 0 Å². The first-order valence-electron chi connectivity index (χ1n) is 8.18. The number of halogens is 1. The van der Waals surface area contributed by atoms with Gasteiger partial charge in [-0.15, -0.1) is 0 Å². The average molecular weight is 338 g/mol. The van der Waals surface area contributed by atoms with Gasteiger partial charge in [-0.3, -0.25) is 0 Å². The molecule has 6 heteroatoms. The van der Waals surface area contributed by atoms with Crippen LogP contribution in [0.1, 0.15) is 46.2 Å². The van der Waals surface area contributed by atoms with Crippen LogP contribution in [0.3, 0.4) is 0 Å². The lowest BCUT2D eigenvalue weighted by molar-refractivity contribution is 0.00578. The lowest BCUT2D eigenvalue weighted by atomic mass is 9.78. The molecule has 0 saturated carbocycles. The predicted octanol–water partition coefficient (Wildman–Crippen LogP) is 2.69. The smallest absolute Gasteiger partial charge is 0.399 e. The number of rotatable bonds is 2. The Morgan fingerprint density at radius 3 is 2.35 bits per heavy atom. The molecule has 0 aliphatic carbocycles. The van der Waals surface area contributed by atoms with Crippen LogP contribution in [0.5, 0.6) is 0 Å². The van der Waals surface area contributed by atoms with Gasteiger partial charge < -0.3 is 19.4 Å². The zero-order chi connectivity index (χ0) is 16.8. The van der Waals surface area contributed by atoms with Gasteiger partial charge in [0.05, 0.1) is 30.5 Å². The highest BCUT2D eigenvalue weighted by Crippen LogP contribution is 2.36. The molecule has 4 nitrogen and oxygen atoms in total. The van der Waals surface area contributed by atoms with Gasteiger partial charge in [0.1, 0.15) is 0 Å². The minimum Gasteiger partial charge on any atom is -0.399 e. The van der Waals surface area contributed by atoms with Gasteiger partial charge in [0, 0.05) is 11.1 Å². The molecule has 1 aromatic carbocycles. The summed E-state index contributed by atoms with van der Waals surface area (Å²) in [7, 11) is -0.403. The summed E-state index contributed by atoms with van der Waals surface area (Å²) in [5.41, 5.74) is 1.33. The van der Waals surface area contributed by atoms with Crippen molar-refractivity contribution in [2.24, 2.45) is 0 Å². The van der Waals surface area contributed by atoms with E-state index >= 15 is 0 Å². The minimum atomic E-state index is -0.403. The van der Waals surface area contributed by atoms with E-state index in [0.717, 1.165) is 17.6 Å². The predicted molar refractivity (Wildman–Crippen MR) is 93.3 cm³/mol. The number of nitrogens with one attached hydrogen (secondary N) is 1. The summed E-state index contributed by atoms with van der Waals surface area (Å²) in [6.45, 7) is 11.7. The summed E-state index contributed by atoms with van der Waals surface area (Å²) >= 11 is 6.35. The van der Waals surface area contributed by atoms with Crippen LogP contribution in [0, 0.1) is 0 Å². The molecule has 0 unspecified atom stereocenters. The monoisotopic (exact) mass is 337 g/mol. The molecule has 1 aromatic rings. The molecule has 0 amide bonds. The Morgan fingerprint density at radius 1 is 1.09 bits per heavy atom. The number of morpholine rings is 1. The van der Waals surface area contributed by atoms with Crippen molar-refractivity contribution in [2.45, 2.75) is 57.9 Å². The average Bonchev–Trinajstić information content (AvgIpc) is 2.67. The Morgan fingerprint density at radius 2 is 1.74 bits per heavy atom. The second-order valence-corrected chi connectivity index (χ2v) is 8.00. The molecule has 23 heavy (non-hydrogen) atoms. The molecule has 2 saturated heterocycles. The molecule has 1 N–H and O–H groups in total. The summed E-state index contributed by atoms with van der Waals surface area (Å²) in [4.78, 5) is 0. The van der Waals surface area contributed by atoms with Crippen LogP contribution < -0.4 is 10.8 Å². The van der Waals surface area contributed by atoms with Gasteiger partial charge in [-0.1, -0.05) is 17.7 Å². The molecule has 2 aliphatic rings. The maximum Gasteiger partial charge on any atom is 0.494 e. The summed E-state index contributed by atoms with van der Waals surface area (Å²) < 4.78 is 17.9. The van der Waals surface area contributed by atoms with Gasteiger partial charge in [-0.05, 0) is 57.8 Å². The second kappa shape index (κ2) is 6.05. The quantitative estimate of drug-likeness (QED) is 0.842. The second-order valence-electron chi connectivity index (χ2n) is 7.56. The molecule has 2 atom stereocenters. The van der Waals surface area contributed by atoms with E-state index in [1.54, 1.807) is 0 Å². The lowest BCUT2D eigenvalue weighted by Gasteiger charge is -2.32. The zero-order valence-corrected chi connectivity index (χ0v) is 15.2. The zero-order valence-electron chi connectivity index (χ0n) is 14.5. The summed E-state index contributed by atoms with van der Waals surface area (Å²) in [5.74, 6) is 0. The van der Waals surface area contributed by atoms with Crippen LogP contribution in [0.2, 0.25) is 5.02 Å². The third-order valence-electron chi connectivity index (χ3n) is 5.01. The molecule has 126 valence electrons. The van der Waals surface area contributed by atoms with Crippen LogP contribution in [-0.2, 0) is 14.0 Å². The van der Waals surface area contributed by atoms with Gasteiger partial charge in [0.25, 0.3) is 0 Å². The molecular weight excluding hydrogens is 312 g/mol. The first-order chi connectivity index (χ1) is 10.7. The topological polar surface area (TPSA) is 39.7 Å². The SMILES string of the molecule is C[C@@H]1COC[C@@H](c2cc(Cl)cc(B3OC(C)(C)C(C)(C)O3)c2)N1. The fraction of sp³-hybridized carbons (Fsp3) is 0.647. The fourth-order valence-electron chi connectivity index (χ4n) is 2.95. The molecule has 0 bridgehead atoms. The van der Waals surface area contributed by atoms with E-state index in [4.69, 9.17) is 25.6 Å². The summed E-state index contributed by atoms with van der Waals surface area (Å²) in [6, 6.07) is 6.47. The van der Waals surface area contributed by atoms with E-state index in [-0.39, 0.29) is 17.2 Å². The minimum absolute atomic E-state index is 0.138. The first-order valence-corrected chi connectivity index (χ1v) is 8.55. The van der Waals surface area contributed by atoms with Crippen molar-refractivity contribution >= 4 is 24.2 Å². The maximum absolute atomic E-state index is 6.35. The van der Waals surface area contributed by atoms with Crippen molar-refractivity contribution in [3.8, 4) is 0 Å². The van der Waals surface area contributed by atoms with Gasteiger partial charge in [0.15, 0.2) is 0 Å².